The van der Waals surface area contributed by atoms with Crippen molar-refractivity contribution < 1.29 is 0 Å². The van der Waals surface area contributed by atoms with E-state index in [0.29, 0.717) is 0 Å². The Morgan fingerprint density at radius 1 is 0.519 bits per heavy atom. The van der Waals surface area contributed by atoms with Crippen LogP contribution in [-0.4, -0.2) is 0 Å². The maximum atomic E-state index is 5.91. The van der Waals surface area contributed by atoms with E-state index in [2.05, 4.69) is 96.9 Å². The highest BCUT2D eigenvalue weighted by molar-refractivity contribution is 5.96. The smallest absolute Gasteiger partial charge is 0.0725 e. The van der Waals surface area contributed by atoms with E-state index in [-0.39, 0.29) is 5.41 Å². The Morgan fingerprint density at radius 3 is 1.59 bits per heavy atom. The molecule has 4 aromatic carbocycles. The average molecular weight is 340 g/mol. The van der Waals surface area contributed by atoms with Crippen molar-refractivity contribution in [2.45, 2.75) is 5.41 Å². The van der Waals surface area contributed by atoms with E-state index in [1.54, 1.807) is 0 Å². The predicted octanol–water partition coefficient (Wildman–Crippen LogP) is 6.01. The molecule has 0 N–H and O–H groups in total. The lowest BCUT2D eigenvalue weighted by Crippen LogP contribution is -2.25. The molecular formula is C27H16. The first-order valence-electron chi connectivity index (χ1n) is 9.26. The molecule has 0 fully saturated rings. The SMILES string of the molecule is C#Cc1cccc2c1-c1ccccc1C21c2ccccc2-c2ccccc21. The fourth-order valence-electron chi connectivity index (χ4n) is 5.26. The van der Waals surface area contributed by atoms with Gasteiger partial charge in [-0.25, -0.2) is 0 Å². The zero-order valence-electron chi connectivity index (χ0n) is 14.7. The van der Waals surface area contributed by atoms with E-state index in [9.17, 15) is 0 Å². The maximum absolute atomic E-state index is 5.91. The predicted molar refractivity (Wildman–Crippen MR) is 111 cm³/mol. The third kappa shape index (κ3) is 1.56. The highest BCUT2D eigenvalue weighted by Crippen LogP contribution is 2.62. The Balaban J connectivity index is 1.89. The zero-order valence-corrected chi connectivity index (χ0v) is 14.7. The van der Waals surface area contributed by atoms with Crippen LogP contribution in [0.2, 0.25) is 0 Å². The van der Waals surface area contributed by atoms with Crippen LogP contribution in [0.1, 0.15) is 27.8 Å². The van der Waals surface area contributed by atoms with Crippen LogP contribution in [0.5, 0.6) is 0 Å². The summed E-state index contributed by atoms with van der Waals surface area (Å²) in [4.78, 5) is 0. The molecule has 0 heterocycles. The quantitative estimate of drug-likeness (QED) is 0.297. The lowest BCUT2D eigenvalue weighted by Gasteiger charge is -2.30. The fraction of sp³-hybridized carbons (Fsp3) is 0.0370. The van der Waals surface area contributed by atoms with Crippen LogP contribution in [0.3, 0.4) is 0 Å². The number of benzene rings is 4. The summed E-state index contributed by atoms with van der Waals surface area (Å²) in [6.45, 7) is 0. The summed E-state index contributed by atoms with van der Waals surface area (Å²) in [6.07, 6.45) is 5.91. The molecule has 2 aliphatic carbocycles. The van der Waals surface area contributed by atoms with Crippen LogP contribution in [0.25, 0.3) is 22.3 Å². The second kappa shape index (κ2) is 5.00. The van der Waals surface area contributed by atoms with Gasteiger partial charge < -0.3 is 0 Å². The van der Waals surface area contributed by atoms with Gasteiger partial charge in [0.25, 0.3) is 0 Å². The number of hydrogen-bond acceptors (Lipinski definition) is 0. The van der Waals surface area contributed by atoms with Crippen LogP contribution in [0.15, 0.2) is 91.0 Å². The summed E-state index contributed by atoms with van der Waals surface area (Å²) in [5.41, 5.74) is 11.1. The van der Waals surface area contributed by atoms with Gasteiger partial charge >= 0.3 is 0 Å². The number of terminal acetylenes is 1. The van der Waals surface area contributed by atoms with Crippen molar-refractivity contribution in [2.75, 3.05) is 0 Å². The van der Waals surface area contributed by atoms with Gasteiger partial charge in [-0.3, -0.25) is 0 Å². The van der Waals surface area contributed by atoms with Crippen molar-refractivity contribution in [3.8, 4) is 34.6 Å². The largest absolute Gasteiger partial charge is 0.115 e. The molecule has 0 radical (unpaired) electrons. The molecular weight excluding hydrogens is 324 g/mol. The van der Waals surface area contributed by atoms with Gasteiger partial charge in [-0.15, -0.1) is 6.42 Å². The van der Waals surface area contributed by atoms with Gasteiger partial charge in [0.1, 0.15) is 0 Å². The zero-order chi connectivity index (χ0) is 18.0. The summed E-state index contributed by atoms with van der Waals surface area (Å²) in [5, 5.41) is 0. The minimum absolute atomic E-state index is 0.286. The van der Waals surface area contributed by atoms with E-state index in [1.165, 1.54) is 44.5 Å². The van der Waals surface area contributed by atoms with Crippen molar-refractivity contribution in [1.82, 2.24) is 0 Å². The van der Waals surface area contributed by atoms with Crippen LogP contribution in [0, 0.1) is 12.3 Å². The highest BCUT2D eigenvalue weighted by atomic mass is 14.5. The van der Waals surface area contributed by atoms with Gasteiger partial charge in [0.05, 0.1) is 5.41 Å². The average Bonchev–Trinajstić information content (AvgIpc) is 3.21. The molecule has 4 aromatic rings. The molecule has 27 heavy (non-hydrogen) atoms. The second-order valence-electron chi connectivity index (χ2n) is 7.26. The molecule has 0 heteroatoms. The molecule has 6 rings (SSSR count). The van der Waals surface area contributed by atoms with E-state index < -0.39 is 0 Å². The van der Waals surface area contributed by atoms with E-state index in [0.717, 1.165) is 5.56 Å². The Hall–Kier alpha value is -3.56. The first-order valence-corrected chi connectivity index (χ1v) is 9.26. The number of rotatable bonds is 0. The molecule has 124 valence electrons. The van der Waals surface area contributed by atoms with Crippen LogP contribution >= 0.6 is 0 Å². The molecule has 0 aliphatic heterocycles. The fourth-order valence-corrected chi connectivity index (χ4v) is 5.26. The number of fused-ring (bicyclic) bond motifs is 10. The molecule has 0 amide bonds. The minimum Gasteiger partial charge on any atom is -0.115 e. The lowest BCUT2D eigenvalue weighted by atomic mass is 9.70. The summed E-state index contributed by atoms with van der Waals surface area (Å²) in [5.74, 6) is 2.92. The molecule has 0 atom stereocenters. The molecule has 0 aromatic heterocycles. The standard InChI is InChI=1S/C27H16/c1-2-18-10-9-17-25-26(18)21-13-5-8-16-24(21)27(25)22-14-6-3-11-19(22)20-12-4-7-15-23(20)27/h1,3-17H. The van der Waals surface area contributed by atoms with Crippen molar-refractivity contribution in [1.29, 1.82) is 0 Å². The summed E-state index contributed by atoms with van der Waals surface area (Å²) in [6, 6.07) is 32.8. The van der Waals surface area contributed by atoms with E-state index in [4.69, 9.17) is 6.42 Å². The Kier molecular flexibility index (Phi) is 2.70. The molecule has 0 saturated heterocycles. The summed E-state index contributed by atoms with van der Waals surface area (Å²) >= 11 is 0. The normalized spacial score (nSPS) is 14.2. The van der Waals surface area contributed by atoms with Gasteiger partial charge in [0.2, 0.25) is 0 Å². The third-order valence-corrected chi connectivity index (χ3v) is 6.18. The Labute approximate surface area is 159 Å². The molecule has 2 aliphatic rings. The first-order chi connectivity index (χ1) is 13.4. The lowest BCUT2D eigenvalue weighted by molar-refractivity contribution is 0.793. The van der Waals surface area contributed by atoms with Crippen molar-refractivity contribution in [2.24, 2.45) is 0 Å². The molecule has 0 nitrogen and oxygen atoms in total. The topological polar surface area (TPSA) is 0 Å². The minimum atomic E-state index is -0.286. The Bertz CT molecular complexity index is 1240. The van der Waals surface area contributed by atoms with Gasteiger partial charge in [0, 0.05) is 11.1 Å². The van der Waals surface area contributed by atoms with Gasteiger partial charge in [0.15, 0.2) is 0 Å². The van der Waals surface area contributed by atoms with Crippen LogP contribution in [0.4, 0.5) is 0 Å². The first kappa shape index (κ1) is 14.6. The van der Waals surface area contributed by atoms with E-state index >= 15 is 0 Å². The van der Waals surface area contributed by atoms with Crippen LogP contribution in [-0.2, 0) is 5.41 Å². The molecule has 0 unspecified atom stereocenters. The van der Waals surface area contributed by atoms with E-state index in [1.807, 2.05) is 0 Å². The van der Waals surface area contributed by atoms with Crippen molar-refractivity contribution >= 4 is 0 Å². The highest BCUT2D eigenvalue weighted by Gasteiger charge is 2.51. The van der Waals surface area contributed by atoms with Gasteiger partial charge in [-0.1, -0.05) is 90.8 Å². The monoisotopic (exact) mass is 340 g/mol. The van der Waals surface area contributed by atoms with Gasteiger partial charge in [-0.2, -0.15) is 0 Å². The van der Waals surface area contributed by atoms with Crippen molar-refractivity contribution in [3.63, 3.8) is 0 Å². The number of hydrogen-bond donors (Lipinski definition) is 0. The molecule has 1 spiro atoms. The molecule has 0 saturated carbocycles. The van der Waals surface area contributed by atoms with Crippen LogP contribution < -0.4 is 0 Å². The Morgan fingerprint density at radius 2 is 1.00 bits per heavy atom. The maximum Gasteiger partial charge on any atom is 0.0725 e. The molecule has 0 bridgehead atoms. The second-order valence-corrected chi connectivity index (χ2v) is 7.26. The van der Waals surface area contributed by atoms with Gasteiger partial charge in [-0.05, 0) is 45.0 Å². The summed E-state index contributed by atoms with van der Waals surface area (Å²) in [7, 11) is 0. The summed E-state index contributed by atoms with van der Waals surface area (Å²) < 4.78 is 0. The van der Waals surface area contributed by atoms with Crippen molar-refractivity contribution in [3.05, 3.63) is 119 Å². The third-order valence-electron chi connectivity index (χ3n) is 6.18.